The maximum Gasteiger partial charge on any atom is 0.236 e. The van der Waals surface area contributed by atoms with Gasteiger partial charge in [0.25, 0.3) is 0 Å². The first-order valence-electron chi connectivity index (χ1n) is 12.4. The average molecular weight is 482 g/mol. The number of amides is 2. The Labute approximate surface area is 206 Å². The zero-order valence-electron chi connectivity index (χ0n) is 20.2. The minimum atomic E-state index is -0.229. The number of allylic oxidation sites excluding steroid dienone is 2. The van der Waals surface area contributed by atoms with E-state index in [9.17, 15) is 9.59 Å². The van der Waals surface area contributed by atoms with Crippen molar-refractivity contribution in [1.29, 1.82) is 0 Å². The lowest BCUT2D eigenvalue weighted by molar-refractivity contribution is -0.128. The molecule has 1 N–H and O–H groups in total. The van der Waals surface area contributed by atoms with Gasteiger partial charge in [0.2, 0.25) is 11.8 Å². The maximum absolute atomic E-state index is 12.6. The minimum Gasteiger partial charge on any atom is -0.494 e. The Bertz CT molecular complexity index is 999. The fraction of sp³-hybridized carbons (Fsp3) is 0.519. The quantitative estimate of drug-likeness (QED) is 0.504. The predicted molar refractivity (Wildman–Crippen MR) is 140 cm³/mol. The number of aliphatic imine (C=N–C) groups is 1. The van der Waals surface area contributed by atoms with Crippen molar-refractivity contribution < 1.29 is 14.3 Å². The highest BCUT2D eigenvalue weighted by atomic mass is 32.2. The molecule has 0 saturated carbocycles. The molecule has 34 heavy (non-hydrogen) atoms. The number of unbranched alkanes of at least 4 members (excludes halogenated alkanes) is 1. The topological polar surface area (TPSA) is 71.0 Å². The Morgan fingerprint density at radius 3 is 3.00 bits per heavy atom. The van der Waals surface area contributed by atoms with Crippen molar-refractivity contribution in [3.8, 4) is 5.75 Å². The van der Waals surface area contributed by atoms with Crippen LogP contribution in [0.25, 0.3) is 0 Å². The van der Waals surface area contributed by atoms with E-state index in [-0.39, 0.29) is 17.7 Å². The van der Waals surface area contributed by atoms with E-state index in [1.54, 1.807) is 0 Å². The summed E-state index contributed by atoms with van der Waals surface area (Å²) < 4.78 is 5.93. The molecule has 3 aliphatic rings. The van der Waals surface area contributed by atoms with Crippen LogP contribution in [0.2, 0.25) is 0 Å². The Kier molecular flexibility index (Phi) is 8.62. The lowest BCUT2D eigenvalue weighted by atomic mass is 9.98. The van der Waals surface area contributed by atoms with E-state index in [0.717, 1.165) is 55.9 Å². The number of nitrogens with zero attached hydrogens (tertiary/aromatic N) is 2. The van der Waals surface area contributed by atoms with Crippen LogP contribution in [0.1, 0.15) is 45.1 Å². The summed E-state index contributed by atoms with van der Waals surface area (Å²) >= 11 is 2.01. The second-order valence-corrected chi connectivity index (χ2v) is 10.4. The second kappa shape index (κ2) is 11.8. The van der Waals surface area contributed by atoms with Gasteiger partial charge in [0.05, 0.1) is 24.6 Å². The molecule has 0 bridgehead atoms. The summed E-state index contributed by atoms with van der Waals surface area (Å²) in [6.07, 6.45) is 10.9. The first-order valence-corrected chi connectivity index (χ1v) is 13.5. The zero-order chi connectivity index (χ0) is 23.9. The molecule has 2 amide bonds. The van der Waals surface area contributed by atoms with E-state index in [1.807, 2.05) is 43.8 Å². The van der Waals surface area contributed by atoms with Crippen LogP contribution in [0, 0.1) is 5.92 Å². The number of ether oxygens (including phenoxy) is 1. The number of imide groups is 1. The first-order chi connectivity index (χ1) is 16.5. The molecule has 1 aromatic carbocycles. The van der Waals surface area contributed by atoms with Gasteiger partial charge in [0, 0.05) is 36.0 Å². The van der Waals surface area contributed by atoms with E-state index in [2.05, 4.69) is 23.5 Å². The van der Waals surface area contributed by atoms with Crippen LogP contribution in [0.4, 0.5) is 5.69 Å². The number of carbonyl (C=O) groups excluding carboxylic acids is 2. The molecule has 182 valence electrons. The van der Waals surface area contributed by atoms with Gasteiger partial charge < -0.3 is 10.1 Å². The van der Waals surface area contributed by atoms with E-state index in [1.165, 1.54) is 10.5 Å². The Balaban J connectivity index is 1.16. The molecule has 1 aromatic rings. The van der Waals surface area contributed by atoms with Crippen LogP contribution in [0.5, 0.6) is 5.75 Å². The van der Waals surface area contributed by atoms with Crippen molar-refractivity contribution in [1.82, 2.24) is 5.32 Å². The molecule has 2 heterocycles. The molecular weight excluding hydrogens is 446 g/mol. The monoisotopic (exact) mass is 481 g/mol. The molecule has 0 aromatic heterocycles. The number of fused-ring (bicyclic) bond motifs is 2. The summed E-state index contributed by atoms with van der Waals surface area (Å²) in [5.74, 6) is 1.30. The number of hydrogen-bond acceptors (Lipinski definition) is 6. The van der Waals surface area contributed by atoms with Gasteiger partial charge in [-0.1, -0.05) is 32.1 Å². The van der Waals surface area contributed by atoms with E-state index >= 15 is 0 Å². The third-order valence-corrected chi connectivity index (χ3v) is 7.53. The van der Waals surface area contributed by atoms with Crippen molar-refractivity contribution in [2.75, 3.05) is 36.9 Å². The zero-order valence-corrected chi connectivity index (χ0v) is 21.0. The third-order valence-electron chi connectivity index (χ3n) is 6.33. The second-order valence-electron chi connectivity index (χ2n) is 9.20. The van der Waals surface area contributed by atoms with Crippen molar-refractivity contribution in [3.63, 3.8) is 0 Å². The summed E-state index contributed by atoms with van der Waals surface area (Å²) in [6, 6.07) is 5.75. The summed E-state index contributed by atoms with van der Waals surface area (Å²) in [5.41, 5.74) is 4.29. The van der Waals surface area contributed by atoms with Crippen LogP contribution >= 0.6 is 11.8 Å². The number of carbonyl (C=O) groups is 2. The number of thioether (sulfide) groups is 1. The average Bonchev–Trinajstić information content (AvgIpc) is 3.32. The molecule has 1 atom stereocenters. The third kappa shape index (κ3) is 5.99. The smallest absolute Gasteiger partial charge is 0.236 e. The number of benzene rings is 1. The molecule has 2 aliphatic heterocycles. The highest BCUT2D eigenvalue weighted by molar-refractivity contribution is 8.00. The number of rotatable bonds is 10. The minimum absolute atomic E-state index is 0.127. The lowest BCUT2D eigenvalue weighted by Gasteiger charge is -2.29. The van der Waals surface area contributed by atoms with Gasteiger partial charge in [-0.2, -0.15) is 0 Å². The highest BCUT2D eigenvalue weighted by Crippen LogP contribution is 2.34. The number of aryl methyl sites for hydroxylation is 1. The standard InChI is InChI=1S/C27H35N3O3S/c1-19(2)27(32)30-24-18-21(10-8-20(24)9-11-26(30)31)33-16-4-3-13-28-14-15-29-23-6-5-7-25-22(23)12-17-34-25/h5-6,8,10,12,18-19,25,28H,3-4,7,9,11,13-17H2,1-2H3. The Morgan fingerprint density at radius 2 is 2.15 bits per heavy atom. The lowest BCUT2D eigenvalue weighted by Crippen LogP contribution is -2.42. The van der Waals surface area contributed by atoms with Crippen molar-refractivity contribution in [2.24, 2.45) is 10.9 Å². The van der Waals surface area contributed by atoms with Crippen LogP contribution in [-0.4, -0.2) is 54.8 Å². The molecule has 1 unspecified atom stereocenters. The SMILES string of the molecule is CC(C)C(=O)N1C(=O)CCc2ccc(OCCCCNCCN=C3C=CCC4SCC=C34)cc21. The molecule has 0 radical (unpaired) electrons. The van der Waals surface area contributed by atoms with E-state index < -0.39 is 0 Å². The highest BCUT2D eigenvalue weighted by Gasteiger charge is 2.31. The molecule has 4 rings (SSSR count). The van der Waals surface area contributed by atoms with Crippen molar-refractivity contribution >= 4 is 35.0 Å². The van der Waals surface area contributed by atoms with Crippen molar-refractivity contribution in [2.45, 2.75) is 51.2 Å². The van der Waals surface area contributed by atoms with Gasteiger partial charge in [-0.05, 0) is 55.5 Å². The molecule has 1 aliphatic carbocycles. The largest absolute Gasteiger partial charge is 0.494 e. The summed E-state index contributed by atoms with van der Waals surface area (Å²) in [5, 5.41) is 4.08. The summed E-state index contributed by atoms with van der Waals surface area (Å²) in [7, 11) is 0. The molecule has 6 nitrogen and oxygen atoms in total. The van der Waals surface area contributed by atoms with Gasteiger partial charge in [-0.25, -0.2) is 4.90 Å². The maximum atomic E-state index is 12.6. The van der Waals surface area contributed by atoms with Crippen LogP contribution in [0.15, 0.2) is 47.0 Å². The Hall–Kier alpha value is -2.38. The van der Waals surface area contributed by atoms with Gasteiger partial charge in [-0.15, -0.1) is 11.8 Å². The summed E-state index contributed by atoms with van der Waals surface area (Å²) in [4.78, 5) is 31.1. The van der Waals surface area contributed by atoms with Gasteiger partial charge in [-0.3, -0.25) is 14.6 Å². The predicted octanol–water partition coefficient (Wildman–Crippen LogP) is 4.34. The summed E-state index contributed by atoms with van der Waals surface area (Å²) in [6.45, 7) is 6.85. The number of anilines is 1. The van der Waals surface area contributed by atoms with Gasteiger partial charge >= 0.3 is 0 Å². The van der Waals surface area contributed by atoms with Gasteiger partial charge in [0.1, 0.15) is 5.75 Å². The molecular formula is C27H35N3O3S. The van der Waals surface area contributed by atoms with Gasteiger partial charge in [0.15, 0.2) is 0 Å². The van der Waals surface area contributed by atoms with Crippen LogP contribution in [-0.2, 0) is 16.0 Å². The van der Waals surface area contributed by atoms with E-state index in [4.69, 9.17) is 9.73 Å². The fourth-order valence-corrected chi connectivity index (χ4v) is 5.60. The number of hydrogen-bond donors (Lipinski definition) is 1. The normalized spacial score (nSPS) is 20.5. The molecule has 0 fully saturated rings. The van der Waals surface area contributed by atoms with E-state index in [0.29, 0.717) is 36.1 Å². The Morgan fingerprint density at radius 1 is 1.26 bits per heavy atom. The molecule has 0 saturated heterocycles. The first kappa shape index (κ1) is 24.7. The van der Waals surface area contributed by atoms with Crippen molar-refractivity contribution in [3.05, 3.63) is 47.6 Å². The molecule has 7 heteroatoms. The fourth-order valence-electron chi connectivity index (χ4n) is 4.45. The van der Waals surface area contributed by atoms with Crippen LogP contribution in [0.3, 0.4) is 0 Å². The molecule has 0 spiro atoms. The van der Waals surface area contributed by atoms with Crippen LogP contribution < -0.4 is 15.0 Å². The number of nitrogens with one attached hydrogen (secondary N) is 1.